The topological polar surface area (TPSA) is 58.8 Å². The molecule has 1 aliphatic heterocycles. The van der Waals surface area contributed by atoms with Crippen LogP contribution in [-0.4, -0.2) is 53.3 Å². The second kappa shape index (κ2) is 7.86. The van der Waals surface area contributed by atoms with Crippen LogP contribution in [0.25, 0.3) is 11.3 Å². The number of rotatable bonds is 4. The summed E-state index contributed by atoms with van der Waals surface area (Å²) in [5.41, 5.74) is 2.13. The van der Waals surface area contributed by atoms with Crippen LogP contribution in [0.4, 0.5) is 9.18 Å². The van der Waals surface area contributed by atoms with Gasteiger partial charge in [0.05, 0.1) is 17.9 Å². The maximum atomic E-state index is 14.0. The number of ether oxygens (including phenoxy) is 1. The fourth-order valence-electron chi connectivity index (χ4n) is 3.16. The van der Waals surface area contributed by atoms with Gasteiger partial charge in [-0.3, -0.25) is 4.90 Å². The minimum Gasteiger partial charge on any atom is -0.450 e. The molecule has 1 saturated heterocycles. The normalized spacial score (nSPS) is 18.2. The Hall–Kier alpha value is -2.41. The van der Waals surface area contributed by atoms with E-state index in [1.54, 1.807) is 30.0 Å². The minimum absolute atomic E-state index is 0.170. The Balaban J connectivity index is 1.65. The third-order valence-corrected chi connectivity index (χ3v) is 4.60. The van der Waals surface area contributed by atoms with E-state index in [9.17, 15) is 9.18 Å². The van der Waals surface area contributed by atoms with Crippen molar-refractivity contribution in [2.45, 2.75) is 33.4 Å². The molecule has 0 aliphatic carbocycles. The van der Waals surface area contributed by atoms with Crippen LogP contribution in [0.15, 0.2) is 28.8 Å². The fraction of sp³-hybridized carbons (Fsp3) is 0.474. The summed E-state index contributed by atoms with van der Waals surface area (Å²) in [5, 5.41) is 4.09. The molecule has 26 heavy (non-hydrogen) atoms. The number of hydrogen-bond acceptors (Lipinski definition) is 5. The molecule has 1 amide bonds. The molecular formula is C19H24FN3O3. The van der Waals surface area contributed by atoms with Gasteiger partial charge in [0, 0.05) is 38.3 Å². The lowest BCUT2D eigenvalue weighted by atomic mass is 10.1. The van der Waals surface area contributed by atoms with E-state index in [0.717, 1.165) is 17.8 Å². The molecule has 0 N–H and O–H groups in total. The number of halogens is 1. The van der Waals surface area contributed by atoms with Crippen LogP contribution in [0.1, 0.15) is 25.1 Å². The van der Waals surface area contributed by atoms with Gasteiger partial charge in [0.1, 0.15) is 5.82 Å². The number of benzene rings is 1. The smallest absolute Gasteiger partial charge is 0.409 e. The minimum atomic E-state index is -0.324. The highest BCUT2D eigenvalue weighted by atomic mass is 19.1. The number of nitrogens with zero attached hydrogens (tertiary/aromatic N) is 3. The van der Waals surface area contributed by atoms with Crippen molar-refractivity contribution in [1.82, 2.24) is 15.0 Å². The quantitative estimate of drug-likeness (QED) is 0.835. The van der Waals surface area contributed by atoms with E-state index in [-0.39, 0.29) is 18.0 Å². The van der Waals surface area contributed by atoms with Crippen LogP contribution >= 0.6 is 0 Å². The zero-order valence-electron chi connectivity index (χ0n) is 15.4. The average molecular weight is 361 g/mol. The van der Waals surface area contributed by atoms with Crippen LogP contribution in [0.5, 0.6) is 0 Å². The predicted octanol–water partition coefficient (Wildman–Crippen LogP) is 3.45. The SMILES string of the molecule is CCOC(=O)N1CCN(Cc2cc(-c3cc(C)ccc3F)on2)[C@H](C)C1. The summed E-state index contributed by atoms with van der Waals surface area (Å²) in [6.07, 6.45) is -0.266. The molecule has 0 spiro atoms. The molecule has 6 nitrogen and oxygen atoms in total. The van der Waals surface area contributed by atoms with E-state index in [2.05, 4.69) is 17.0 Å². The van der Waals surface area contributed by atoms with Crippen LogP contribution < -0.4 is 0 Å². The number of piperazine rings is 1. The zero-order chi connectivity index (χ0) is 18.7. The first-order valence-electron chi connectivity index (χ1n) is 8.85. The third-order valence-electron chi connectivity index (χ3n) is 4.60. The molecule has 0 saturated carbocycles. The Morgan fingerprint density at radius 1 is 1.38 bits per heavy atom. The largest absolute Gasteiger partial charge is 0.450 e. The van der Waals surface area contributed by atoms with E-state index < -0.39 is 0 Å². The second-order valence-electron chi connectivity index (χ2n) is 6.63. The third kappa shape index (κ3) is 4.04. The summed E-state index contributed by atoms with van der Waals surface area (Å²) in [6, 6.07) is 6.86. The average Bonchev–Trinajstić information content (AvgIpc) is 3.07. The van der Waals surface area contributed by atoms with Crippen LogP contribution in [0.3, 0.4) is 0 Å². The molecule has 0 bridgehead atoms. The molecule has 0 radical (unpaired) electrons. The van der Waals surface area contributed by atoms with E-state index in [4.69, 9.17) is 9.26 Å². The van der Waals surface area contributed by atoms with Crippen LogP contribution in [0.2, 0.25) is 0 Å². The van der Waals surface area contributed by atoms with Gasteiger partial charge in [0.2, 0.25) is 0 Å². The maximum Gasteiger partial charge on any atom is 0.409 e. The summed E-state index contributed by atoms with van der Waals surface area (Å²) >= 11 is 0. The number of hydrogen-bond donors (Lipinski definition) is 0. The first-order valence-corrected chi connectivity index (χ1v) is 8.85. The van der Waals surface area contributed by atoms with Crippen LogP contribution in [0, 0.1) is 12.7 Å². The number of amides is 1. The Morgan fingerprint density at radius 3 is 2.92 bits per heavy atom. The lowest BCUT2D eigenvalue weighted by molar-refractivity contribution is 0.0535. The van der Waals surface area contributed by atoms with Gasteiger partial charge in [-0.25, -0.2) is 9.18 Å². The number of aromatic nitrogens is 1. The maximum absolute atomic E-state index is 14.0. The van der Waals surface area contributed by atoms with Gasteiger partial charge in [-0.2, -0.15) is 0 Å². The molecule has 1 atom stereocenters. The Morgan fingerprint density at radius 2 is 2.19 bits per heavy atom. The molecule has 7 heteroatoms. The first-order chi connectivity index (χ1) is 12.5. The van der Waals surface area contributed by atoms with Crippen molar-refractivity contribution in [3.05, 3.63) is 41.3 Å². The van der Waals surface area contributed by atoms with Gasteiger partial charge in [0.15, 0.2) is 5.76 Å². The van der Waals surface area contributed by atoms with Crippen molar-refractivity contribution in [2.75, 3.05) is 26.2 Å². The van der Waals surface area contributed by atoms with Gasteiger partial charge in [-0.1, -0.05) is 16.8 Å². The summed E-state index contributed by atoms with van der Waals surface area (Å²) in [4.78, 5) is 15.8. The monoisotopic (exact) mass is 361 g/mol. The van der Waals surface area contributed by atoms with Crippen molar-refractivity contribution in [1.29, 1.82) is 0 Å². The Kier molecular flexibility index (Phi) is 5.56. The summed E-state index contributed by atoms with van der Waals surface area (Å²) in [6.45, 7) is 8.69. The van der Waals surface area contributed by atoms with E-state index in [1.807, 2.05) is 6.92 Å². The fourth-order valence-corrected chi connectivity index (χ4v) is 3.16. The Labute approximate surface area is 152 Å². The van der Waals surface area contributed by atoms with E-state index in [0.29, 0.717) is 37.6 Å². The summed E-state index contributed by atoms with van der Waals surface area (Å²) in [7, 11) is 0. The lowest BCUT2D eigenvalue weighted by Gasteiger charge is -2.38. The van der Waals surface area contributed by atoms with Crippen molar-refractivity contribution in [2.24, 2.45) is 0 Å². The molecule has 0 unspecified atom stereocenters. The highest BCUT2D eigenvalue weighted by Crippen LogP contribution is 2.25. The second-order valence-corrected chi connectivity index (χ2v) is 6.63. The van der Waals surface area contributed by atoms with Gasteiger partial charge in [-0.15, -0.1) is 0 Å². The number of aryl methyl sites for hydroxylation is 1. The molecule has 1 aliphatic rings. The van der Waals surface area contributed by atoms with E-state index >= 15 is 0 Å². The highest BCUT2D eigenvalue weighted by Gasteiger charge is 2.28. The van der Waals surface area contributed by atoms with E-state index in [1.165, 1.54) is 6.07 Å². The zero-order valence-corrected chi connectivity index (χ0v) is 15.4. The standard InChI is InChI=1S/C19H24FN3O3/c1-4-25-19(24)23-8-7-22(14(3)11-23)12-15-10-18(26-21-15)16-9-13(2)5-6-17(16)20/h5-6,9-10,14H,4,7-8,11-12H2,1-3H3/t14-/m1/s1. The van der Waals surface area contributed by atoms with Crippen molar-refractivity contribution < 1.29 is 18.4 Å². The number of carbonyl (C=O) groups excluding carboxylic acids is 1. The Bertz CT molecular complexity index is 777. The lowest BCUT2D eigenvalue weighted by Crippen LogP contribution is -2.53. The molecule has 1 fully saturated rings. The van der Waals surface area contributed by atoms with Crippen LogP contribution in [-0.2, 0) is 11.3 Å². The highest BCUT2D eigenvalue weighted by molar-refractivity contribution is 5.67. The van der Waals surface area contributed by atoms with Gasteiger partial charge >= 0.3 is 6.09 Å². The number of carbonyl (C=O) groups is 1. The summed E-state index contributed by atoms with van der Waals surface area (Å²) < 4.78 is 24.4. The van der Waals surface area contributed by atoms with Gasteiger partial charge in [-0.05, 0) is 32.9 Å². The van der Waals surface area contributed by atoms with Crippen molar-refractivity contribution >= 4 is 6.09 Å². The van der Waals surface area contributed by atoms with Gasteiger partial charge in [0.25, 0.3) is 0 Å². The molecule has 2 heterocycles. The molecule has 1 aromatic heterocycles. The van der Waals surface area contributed by atoms with Crippen molar-refractivity contribution in [3.63, 3.8) is 0 Å². The predicted molar refractivity (Wildman–Crippen MR) is 95.1 cm³/mol. The molecular weight excluding hydrogens is 337 g/mol. The molecule has 3 rings (SSSR count). The first kappa shape index (κ1) is 18.4. The molecule has 1 aromatic carbocycles. The van der Waals surface area contributed by atoms with Crippen molar-refractivity contribution in [3.8, 4) is 11.3 Å². The molecule has 2 aromatic rings. The van der Waals surface area contributed by atoms with Gasteiger partial charge < -0.3 is 14.2 Å². The molecule has 140 valence electrons. The summed E-state index contributed by atoms with van der Waals surface area (Å²) in [5.74, 6) is 0.105.